The summed E-state index contributed by atoms with van der Waals surface area (Å²) in [5.74, 6) is -1.30. The number of phenols is 1. The smallest absolute Gasteiger partial charge is 0.243 e. The zero-order chi connectivity index (χ0) is 26.6. The minimum absolute atomic E-state index is 0.0225. The second kappa shape index (κ2) is 13.6. The molecular weight excluding hydrogens is 470 g/mol. The summed E-state index contributed by atoms with van der Waals surface area (Å²) in [5, 5.41) is 25.7. The van der Waals surface area contributed by atoms with Crippen molar-refractivity contribution in [1.82, 2.24) is 16.0 Å². The first kappa shape index (κ1) is 27.2. The summed E-state index contributed by atoms with van der Waals surface area (Å²) < 4.78 is 5.16. The third-order valence-electron chi connectivity index (χ3n) is 5.87. The molecule has 7 N–H and O–H groups in total. The van der Waals surface area contributed by atoms with Crippen LogP contribution in [0.2, 0.25) is 0 Å². The number of carbonyl (C=O) groups excluding carboxylic acids is 2. The number of phenolic OH excluding ortho intramolecular Hbond substituents is 1. The molecule has 3 aromatic rings. The zero-order valence-electron chi connectivity index (χ0n) is 20.7. The van der Waals surface area contributed by atoms with Gasteiger partial charge in [-0.25, -0.2) is 0 Å². The normalized spacial score (nSPS) is 11.5. The van der Waals surface area contributed by atoms with Crippen molar-refractivity contribution < 1.29 is 19.4 Å². The van der Waals surface area contributed by atoms with E-state index in [-0.39, 0.29) is 11.7 Å². The molecule has 0 aliphatic heterocycles. The van der Waals surface area contributed by atoms with Gasteiger partial charge in [0.05, 0.1) is 19.1 Å². The number of nitrogens with one attached hydrogen (secondary N) is 4. The van der Waals surface area contributed by atoms with E-state index in [1.165, 1.54) is 13.2 Å². The van der Waals surface area contributed by atoms with Crippen molar-refractivity contribution in [3.8, 4) is 11.5 Å². The van der Waals surface area contributed by atoms with E-state index in [1.54, 1.807) is 12.1 Å². The number of nitrogens with two attached hydrogens (primary N) is 1. The van der Waals surface area contributed by atoms with Crippen molar-refractivity contribution in [3.63, 3.8) is 0 Å². The van der Waals surface area contributed by atoms with Crippen LogP contribution in [0.25, 0.3) is 0 Å². The highest BCUT2D eigenvalue weighted by atomic mass is 16.5. The molecule has 3 aromatic carbocycles. The van der Waals surface area contributed by atoms with Gasteiger partial charge in [-0.15, -0.1) is 0 Å². The van der Waals surface area contributed by atoms with Gasteiger partial charge >= 0.3 is 0 Å². The average Bonchev–Trinajstić information content (AvgIpc) is 2.90. The summed E-state index contributed by atoms with van der Waals surface area (Å²) in [6.45, 7) is 0.724. The monoisotopic (exact) mass is 503 g/mol. The lowest BCUT2D eigenvalue weighted by Gasteiger charge is -2.22. The van der Waals surface area contributed by atoms with E-state index < -0.39 is 23.8 Å². The van der Waals surface area contributed by atoms with E-state index in [9.17, 15) is 14.7 Å². The third kappa shape index (κ3) is 8.08. The maximum absolute atomic E-state index is 13.4. The molecule has 194 valence electrons. The summed E-state index contributed by atoms with van der Waals surface area (Å²) in [4.78, 5) is 26.7. The van der Waals surface area contributed by atoms with Crippen LogP contribution >= 0.6 is 0 Å². The van der Waals surface area contributed by atoms with Crippen LogP contribution in [0.3, 0.4) is 0 Å². The molecular formula is C28H33N5O4. The third-order valence-corrected chi connectivity index (χ3v) is 5.87. The first-order valence-corrected chi connectivity index (χ1v) is 12.0. The molecule has 1 atom stereocenters. The predicted molar refractivity (Wildman–Crippen MR) is 142 cm³/mol. The highest BCUT2D eigenvalue weighted by Crippen LogP contribution is 2.27. The van der Waals surface area contributed by atoms with Gasteiger partial charge in [0, 0.05) is 13.1 Å². The Kier molecular flexibility index (Phi) is 10.0. The number of hydrogen-bond acceptors (Lipinski definition) is 6. The summed E-state index contributed by atoms with van der Waals surface area (Å²) in [7, 11) is 1.46. The van der Waals surface area contributed by atoms with Crippen LogP contribution in [0, 0.1) is 5.41 Å². The number of carbonyl (C=O) groups is 2. The maximum atomic E-state index is 13.4. The Balaban J connectivity index is 1.75. The van der Waals surface area contributed by atoms with E-state index >= 15 is 0 Å². The molecule has 0 saturated carbocycles. The van der Waals surface area contributed by atoms with Crippen molar-refractivity contribution in [2.24, 2.45) is 5.73 Å². The standard InChI is InChI=1S/C28H33N5O4/c1-37-24-17-19(14-15-23(24)34)18-32-22(13-8-16-31-28(29)30)26(35)33-27(36)25(20-9-4-2-5-10-20)21-11-6-3-7-12-21/h2-7,9-12,14-15,17,22,25,32,34H,8,13,16,18H2,1H3,(H4,29,30,31)(H,33,35,36)/t22-/m0/s1. The Bertz CT molecular complexity index is 1150. The number of hydrogen-bond donors (Lipinski definition) is 6. The Morgan fingerprint density at radius 2 is 1.59 bits per heavy atom. The molecule has 0 fully saturated rings. The molecule has 9 nitrogen and oxygen atoms in total. The minimum Gasteiger partial charge on any atom is -0.504 e. The van der Waals surface area contributed by atoms with E-state index in [1.807, 2.05) is 60.7 Å². The molecule has 0 bridgehead atoms. The lowest BCUT2D eigenvalue weighted by molar-refractivity contribution is -0.132. The van der Waals surface area contributed by atoms with Crippen LogP contribution in [-0.4, -0.2) is 42.6 Å². The summed E-state index contributed by atoms with van der Waals surface area (Å²) in [6, 6.07) is 22.9. The number of methoxy groups -OCH3 is 1. The highest BCUT2D eigenvalue weighted by molar-refractivity contribution is 6.01. The van der Waals surface area contributed by atoms with Gasteiger partial charge in [-0.2, -0.15) is 0 Å². The van der Waals surface area contributed by atoms with Crippen molar-refractivity contribution in [2.75, 3.05) is 13.7 Å². The molecule has 0 heterocycles. The summed E-state index contributed by atoms with van der Waals surface area (Å²) in [5.41, 5.74) is 7.72. The SMILES string of the molecule is COc1cc(CN[C@@H](CCCNC(=N)N)C(=O)NC(=O)C(c2ccccc2)c2ccccc2)ccc1O. The molecule has 0 radical (unpaired) electrons. The topological polar surface area (TPSA) is 150 Å². The minimum atomic E-state index is -0.690. The lowest BCUT2D eigenvalue weighted by Crippen LogP contribution is -2.47. The molecule has 37 heavy (non-hydrogen) atoms. The Morgan fingerprint density at radius 3 is 2.16 bits per heavy atom. The quantitative estimate of drug-likeness (QED) is 0.126. The van der Waals surface area contributed by atoms with E-state index in [0.29, 0.717) is 31.7 Å². The fourth-order valence-corrected chi connectivity index (χ4v) is 4.00. The lowest BCUT2D eigenvalue weighted by atomic mass is 9.90. The summed E-state index contributed by atoms with van der Waals surface area (Å²) >= 11 is 0. The molecule has 0 saturated heterocycles. The second-order valence-electron chi connectivity index (χ2n) is 8.53. The number of imide groups is 1. The van der Waals surface area contributed by atoms with E-state index in [0.717, 1.165) is 16.7 Å². The number of rotatable bonds is 12. The van der Waals surface area contributed by atoms with E-state index in [4.69, 9.17) is 15.9 Å². The van der Waals surface area contributed by atoms with Crippen molar-refractivity contribution >= 4 is 17.8 Å². The van der Waals surface area contributed by atoms with Gasteiger partial charge in [-0.1, -0.05) is 66.7 Å². The molecule has 0 aromatic heterocycles. The molecule has 9 heteroatoms. The van der Waals surface area contributed by atoms with Gasteiger partial charge in [0.2, 0.25) is 11.8 Å². The Labute approximate surface area is 216 Å². The number of amides is 2. The molecule has 3 rings (SSSR count). The van der Waals surface area contributed by atoms with Crippen molar-refractivity contribution in [1.29, 1.82) is 5.41 Å². The van der Waals surface area contributed by atoms with E-state index in [2.05, 4.69) is 16.0 Å². The largest absolute Gasteiger partial charge is 0.504 e. The van der Waals surface area contributed by atoms with Gasteiger partial charge in [0.25, 0.3) is 0 Å². The number of ether oxygens (including phenoxy) is 1. The summed E-state index contributed by atoms with van der Waals surface area (Å²) in [6.07, 6.45) is 0.939. The van der Waals surface area contributed by atoms with Crippen LogP contribution in [0.1, 0.15) is 35.4 Å². The zero-order valence-corrected chi connectivity index (χ0v) is 20.7. The van der Waals surface area contributed by atoms with Crippen LogP contribution in [0.15, 0.2) is 78.9 Å². The fraction of sp³-hybridized carbons (Fsp3) is 0.250. The second-order valence-corrected chi connectivity index (χ2v) is 8.53. The van der Waals surface area contributed by atoms with Crippen LogP contribution in [-0.2, 0) is 16.1 Å². The molecule has 0 unspecified atom stereocenters. The van der Waals surface area contributed by atoms with Crippen molar-refractivity contribution in [2.45, 2.75) is 31.3 Å². The van der Waals surface area contributed by atoms with Gasteiger partial charge in [0.1, 0.15) is 0 Å². The highest BCUT2D eigenvalue weighted by Gasteiger charge is 2.27. The van der Waals surface area contributed by atoms with Crippen LogP contribution in [0.5, 0.6) is 11.5 Å². The van der Waals surface area contributed by atoms with Crippen LogP contribution < -0.4 is 26.4 Å². The molecule has 2 amide bonds. The molecule has 0 spiro atoms. The maximum Gasteiger partial charge on any atom is 0.243 e. The van der Waals surface area contributed by atoms with Gasteiger partial charge in [-0.05, 0) is 41.7 Å². The number of benzene rings is 3. The predicted octanol–water partition coefficient (Wildman–Crippen LogP) is 2.60. The number of guanidine groups is 1. The Morgan fingerprint density at radius 1 is 0.973 bits per heavy atom. The van der Waals surface area contributed by atoms with Gasteiger partial charge in [0.15, 0.2) is 17.5 Å². The first-order chi connectivity index (χ1) is 17.9. The molecule has 0 aliphatic carbocycles. The fourth-order valence-electron chi connectivity index (χ4n) is 4.00. The van der Waals surface area contributed by atoms with Crippen LogP contribution in [0.4, 0.5) is 0 Å². The Hall–Kier alpha value is -4.37. The van der Waals surface area contributed by atoms with Crippen molar-refractivity contribution in [3.05, 3.63) is 95.6 Å². The first-order valence-electron chi connectivity index (χ1n) is 12.0. The van der Waals surface area contributed by atoms with Gasteiger partial charge in [-0.3, -0.25) is 20.3 Å². The molecule has 0 aliphatic rings. The number of aromatic hydroxyl groups is 1. The average molecular weight is 504 g/mol. The van der Waals surface area contributed by atoms with Gasteiger partial charge < -0.3 is 26.2 Å².